The Bertz CT molecular complexity index is 795. The van der Waals surface area contributed by atoms with Crippen LogP contribution < -0.4 is 5.32 Å². The second kappa shape index (κ2) is 7.25. The van der Waals surface area contributed by atoms with Gasteiger partial charge in [-0.2, -0.15) is 0 Å². The Morgan fingerprint density at radius 3 is 2.81 bits per heavy atom. The number of hydrogen-bond acceptors (Lipinski definition) is 6. The Balaban J connectivity index is 1.98. The fraction of sp³-hybridized carbons (Fsp3) is 0.444. The number of hydrogen-bond donors (Lipinski definition) is 3. The van der Waals surface area contributed by atoms with Gasteiger partial charge in [-0.15, -0.1) is 0 Å². The first kappa shape index (κ1) is 18.1. The molecule has 0 spiro atoms. The number of pyridine rings is 1. The van der Waals surface area contributed by atoms with Crippen molar-refractivity contribution in [3.8, 4) is 0 Å². The number of carboxylic acid groups (broad SMARTS) is 1. The lowest BCUT2D eigenvalue weighted by atomic mass is 9.84. The molecule has 138 valence electrons. The van der Waals surface area contributed by atoms with Gasteiger partial charge in [0.2, 0.25) is 0 Å². The smallest absolute Gasteiger partial charge is 0.322 e. The van der Waals surface area contributed by atoms with Crippen LogP contribution in [0.25, 0.3) is 5.76 Å². The molecule has 0 saturated carbocycles. The Morgan fingerprint density at radius 2 is 2.15 bits per heavy atom. The van der Waals surface area contributed by atoms with E-state index >= 15 is 0 Å². The average molecular weight is 360 g/mol. The van der Waals surface area contributed by atoms with E-state index in [1.54, 1.807) is 19.2 Å². The van der Waals surface area contributed by atoms with Crippen molar-refractivity contribution in [2.75, 3.05) is 13.2 Å². The van der Waals surface area contributed by atoms with Crippen LogP contribution in [0.4, 0.5) is 0 Å². The minimum absolute atomic E-state index is 0.133. The number of aliphatic hydroxyl groups excluding tert-OH is 1. The Hall–Kier alpha value is -2.74. The number of aliphatic hydroxyl groups is 1. The molecule has 8 nitrogen and oxygen atoms in total. The van der Waals surface area contributed by atoms with Crippen LogP contribution in [0.15, 0.2) is 17.8 Å². The van der Waals surface area contributed by atoms with Crippen LogP contribution in [0.1, 0.15) is 55.0 Å². The maximum Gasteiger partial charge on any atom is 0.322 e. The van der Waals surface area contributed by atoms with E-state index in [0.717, 1.165) is 24.8 Å². The van der Waals surface area contributed by atoms with Gasteiger partial charge < -0.3 is 20.3 Å². The van der Waals surface area contributed by atoms with Crippen LogP contribution in [0.2, 0.25) is 0 Å². The summed E-state index contributed by atoms with van der Waals surface area (Å²) in [5.74, 6) is -3.93. The second-order valence-corrected chi connectivity index (χ2v) is 6.44. The third-order valence-electron chi connectivity index (χ3n) is 4.66. The van der Waals surface area contributed by atoms with Crippen molar-refractivity contribution >= 4 is 23.4 Å². The van der Waals surface area contributed by atoms with Gasteiger partial charge in [-0.05, 0) is 37.8 Å². The number of ketones is 1. The van der Waals surface area contributed by atoms with Crippen LogP contribution in [-0.4, -0.2) is 46.0 Å². The van der Waals surface area contributed by atoms with Gasteiger partial charge in [0.25, 0.3) is 5.91 Å². The number of nitrogens with zero attached hydrogens (tertiary/aromatic N) is 1. The number of carbonyl (C=O) groups is 3. The van der Waals surface area contributed by atoms with Crippen LogP contribution >= 0.6 is 0 Å². The molecule has 1 fully saturated rings. The van der Waals surface area contributed by atoms with Gasteiger partial charge >= 0.3 is 5.97 Å². The zero-order valence-electron chi connectivity index (χ0n) is 14.3. The summed E-state index contributed by atoms with van der Waals surface area (Å²) in [5, 5.41) is 21.3. The zero-order chi connectivity index (χ0) is 18.8. The van der Waals surface area contributed by atoms with Crippen LogP contribution in [0.3, 0.4) is 0 Å². The highest BCUT2D eigenvalue weighted by Gasteiger charge is 2.37. The number of rotatable bonds is 4. The molecule has 26 heavy (non-hydrogen) atoms. The zero-order valence-corrected chi connectivity index (χ0v) is 14.3. The van der Waals surface area contributed by atoms with E-state index < -0.39 is 41.5 Å². The molecule has 1 aromatic heterocycles. The standard InChI is InChI=1S/C18H20N2O6/c1-9-15-11(6-10(7-19-15)12-4-2-3-5-26-12)17(24)14(16(9)23)18(25)20-8-13(21)22/h6-7,9,12,24H,2-5,8H2,1H3,(H,20,25)(H,21,22)/t9?,12-/m0/s1. The summed E-state index contributed by atoms with van der Waals surface area (Å²) in [5.41, 5.74) is 1.04. The molecular formula is C18H20N2O6. The molecule has 2 heterocycles. The van der Waals surface area contributed by atoms with Crippen molar-refractivity contribution in [2.24, 2.45) is 0 Å². The van der Waals surface area contributed by atoms with Crippen molar-refractivity contribution < 1.29 is 29.3 Å². The lowest BCUT2D eigenvalue weighted by Crippen LogP contribution is -2.36. The van der Waals surface area contributed by atoms with Crippen molar-refractivity contribution in [2.45, 2.75) is 38.2 Å². The number of carbonyl (C=O) groups excluding carboxylic acids is 2. The maximum atomic E-state index is 12.5. The number of fused-ring (bicyclic) bond motifs is 1. The SMILES string of the molecule is CC1C(=O)C(C(=O)NCC(=O)O)=C(O)c2cc([C@@H]3CCCCO3)cnc21. The van der Waals surface area contributed by atoms with Gasteiger partial charge in [0.1, 0.15) is 17.9 Å². The third kappa shape index (κ3) is 3.32. The van der Waals surface area contributed by atoms with Crippen molar-refractivity contribution in [1.29, 1.82) is 0 Å². The Morgan fingerprint density at radius 1 is 1.38 bits per heavy atom. The van der Waals surface area contributed by atoms with Crippen LogP contribution in [-0.2, 0) is 19.1 Å². The first-order valence-electron chi connectivity index (χ1n) is 8.49. The molecular weight excluding hydrogens is 340 g/mol. The molecule has 1 amide bonds. The number of aromatic nitrogens is 1. The van der Waals surface area contributed by atoms with Crippen molar-refractivity contribution in [1.82, 2.24) is 10.3 Å². The molecule has 8 heteroatoms. The molecule has 1 saturated heterocycles. The van der Waals surface area contributed by atoms with E-state index in [-0.39, 0.29) is 6.10 Å². The van der Waals surface area contributed by atoms with Gasteiger partial charge in [-0.3, -0.25) is 19.4 Å². The van der Waals surface area contributed by atoms with E-state index in [9.17, 15) is 19.5 Å². The van der Waals surface area contributed by atoms with Gasteiger partial charge in [-0.1, -0.05) is 0 Å². The molecule has 3 rings (SSSR count). The van der Waals surface area contributed by atoms with Crippen LogP contribution in [0, 0.1) is 0 Å². The van der Waals surface area contributed by atoms with E-state index in [2.05, 4.69) is 10.3 Å². The number of ether oxygens (including phenoxy) is 1. The highest BCUT2D eigenvalue weighted by atomic mass is 16.5. The Labute approximate surface area is 149 Å². The largest absolute Gasteiger partial charge is 0.506 e. The van der Waals surface area contributed by atoms with E-state index in [1.165, 1.54) is 0 Å². The molecule has 0 bridgehead atoms. The Kier molecular flexibility index (Phi) is 5.03. The number of amides is 1. The van der Waals surface area contributed by atoms with Gasteiger partial charge in [0.15, 0.2) is 5.78 Å². The molecule has 3 N–H and O–H groups in total. The molecule has 0 radical (unpaired) electrons. The fourth-order valence-corrected chi connectivity index (χ4v) is 3.26. The summed E-state index contributed by atoms with van der Waals surface area (Å²) in [4.78, 5) is 39.6. The summed E-state index contributed by atoms with van der Waals surface area (Å²) in [7, 11) is 0. The molecule has 1 aromatic rings. The third-order valence-corrected chi connectivity index (χ3v) is 4.66. The predicted octanol–water partition coefficient (Wildman–Crippen LogP) is 1.48. The average Bonchev–Trinajstić information content (AvgIpc) is 2.65. The molecule has 1 aliphatic heterocycles. The maximum absolute atomic E-state index is 12.5. The summed E-state index contributed by atoms with van der Waals surface area (Å²) in [6.45, 7) is 1.61. The predicted molar refractivity (Wildman–Crippen MR) is 90.4 cm³/mol. The summed E-state index contributed by atoms with van der Waals surface area (Å²) < 4.78 is 5.73. The monoisotopic (exact) mass is 360 g/mol. The van der Waals surface area contributed by atoms with Crippen molar-refractivity contribution in [3.05, 3.63) is 34.7 Å². The van der Waals surface area contributed by atoms with Gasteiger partial charge in [0, 0.05) is 18.4 Å². The molecule has 2 aliphatic rings. The molecule has 2 atom stereocenters. The number of aliphatic carboxylic acids is 1. The van der Waals surface area contributed by atoms with Gasteiger partial charge in [-0.25, -0.2) is 0 Å². The minimum atomic E-state index is -1.24. The summed E-state index contributed by atoms with van der Waals surface area (Å²) in [6.07, 6.45) is 4.37. The number of carboxylic acids is 1. The highest BCUT2D eigenvalue weighted by molar-refractivity contribution is 6.27. The van der Waals surface area contributed by atoms with Crippen molar-refractivity contribution in [3.63, 3.8) is 0 Å². The fourth-order valence-electron chi connectivity index (χ4n) is 3.26. The number of Topliss-reactive ketones (excluding diaryl/α,β-unsaturated/α-hetero) is 1. The lowest BCUT2D eigenvalue weighted by Gasteiger charge is -2.26. The molecule has 0 aromatic carbocycles. The van der Waals surface area contributed by atoms with Crippen LogP contribution in [0.5, 0.6) is 0 Å². The summed E-state index contributed by atoms with van der Waals surface area (Å²) in [6, 6.07) is 1.70. The molecule has 1 unspecified atom stereocenters. The van der Waals surface area contributed by atoms with E-state index in [4.69, 9.17) is 9.84 Å². The normalized spacial score (nSPS) is 22.7. The van der Waals surface area contributed by atoms with E-state index in [1.807, 2.05) is 0 Å². The first-order chi connectivity index (χ1) is 12.4. The highest BCUT2D eigenvalue weighted by Crippen LogP contribution is 2.36. The minimum Gasteiger partial charge on any atom is -0.506 e. The number of nitrogens with one attached hydrogen (secondary N) is 1. The van der Waals surface area contributed by atoms with Gasteiger partial charge in [0.05, 0.1) is 17.7 Å². The lowest BCUT2D eigenvalue weighted by molar-refractivity contribution is -0.137. The topological polar surface area (TPSA) is 126 Å². The van der Waals surface area contributed by atoms with E-state index in [0.29, 0.717) is 17.9 Å². The second-order valence-electron chi connectivity index (χ2n) is 6.44. The summed E-state index contributed by atoms with van der Waals surface area (Å²) >= 11 is 0. The first-order valence-corrected chi connectivity index (χ1v) is 8.49. The quantitative estimate of drug-likeness (QED) is 0.694. The molecule has 1 aliphatic carbocycles.